The van der Waals surface area contributed by atoms with Gasteiger partial charge in [0.05, 0.1) is 4.47 Å². The fourth-order valence-electron chi connectivity index (χ4n) is 4.04. The van der Waals surface area contributed by atoms with Gasteiger partial charge in [0.1, 0.15) is 11.8 Å². The van der Waals surface area contributed by atoms with Crippen molar-refractivity contribution in [1.82, 2.24) is 10.2 Å². The number of carbonyl (C=O) groups excluding carboxylic acids is 2. The topological polar surface area (TPSA) is 58.6 Å². The van der Waals surface area contributed by atoms with E-state index in [1.807, 2.05) is 93.6 Å². The molecule has 1 atom stereocenters. The third kappa shape index (κ3) is 8.46. The second-order valence-corrected chi connectivity index (χ2v) is 10.9. The van der Waals surface area contributed by atoms with Crippen molar-refractivity contribution in [1.29, 1.82) is 0 Å². The molecule has 3 aromatic carbocycles. The molecule has 0 saturated carbocycles. The van der Waals surface area contributed by atoms with Gasteiger partial charge in [0.25, 0.3) is 5.91 Å². The van der Waals surface area contributed by atoms with E-state index >= 15 is 0 Å². The van der Waals surface area contributed by atoms with Crippen LogP contribution in [0.2, 0.25) is 0 Å². The Labute approximate surface area is 229 Å². The van der Waals surface area contributed by atoms with Crippen LogP contribution in [-0.4, -0.2) is 35.4 Å². The van der Waals surface area contributed by atoms with E-state index in [1.165, 1.54) is 5.56 Å². The van der Waals surface area contributed by atoms with Gasteiger partial charge in [-0.3, -0.25) is 9.59 Å². The number of nitrogens with one attached hydrogen (secondary N) is 1. The van der Waals surface area contributed by atoms with Crippen LogP contribution in [0.5, 0.6) is 5.75 Å². The summed E-state index contributed by atoms with van der Waals surface area (Å²) in [5.74, 6) is 0.552. The maximum Gasteiger partial charge on any atom is 0.261 e. The summed E-state index contributed by atoms with van der Waals surface area (Å²) in [5, 5.41) is 3.01. The molecule has 0 saturated heterocycles. The van der Waals surface area contributed by atoms with E-state index in [9.17, 15) is 9.59 Å². The van der Waals surface area contributed by atoms with Gasteiger partial charge in [-0.25, -0.2) is 0 Å². The van der Waals surface area contributed by atoms with E-state index in [2.05, 4.69) is 35.1 Å². The zero-order chi connectivity index (χ0) is 26.9. The van der Waals surface area contributed by atoms with Crippen LogP contribution >= 0.6 is 15.9 Å². The molecule has 5 nitrogen and oxygen atoms in total. The highest BCUT2D eigenvalue weighted by molar-refractivity contribution is 9.10. The molecule has 0 unspecified atom stereocenters. The fraction of sp³-hybridized carbons (Fsp3) is 0.355. The zero-order valence-electron chi connectivity index (χ0n) is 22.3. The maximum atomic E-state index is 13.7. The number of aryl methyl sites for hydroxylation is 1. The highest BCUT2D eigenvalue weighted by atomic mass is 79.9. The van der Waals surface area contributed by atoms with Crippen LogP contribution in [0.25, 0.3) is 0 Å². The molecule has 2 amide bonds. The van der Waals surface area contributed by atoms with Crippen molar-refractivity contribution in [3.8, 4) is 5.75 Å². The molecule has 0 radical (unpaired) electrons. The molecule has 0 spiro atoms. The predicted octanol–water partition coefficient (Wildman–Crippen LogP) is 6.42. The SMILES string of the molecule is Cc1ccc(CN(C(=O)COc2ccc(C(C)C)cc2Br)[C@H](Cc2ccccc2)C(=O)NC(C)C)cc1. The Bertz CT molecular complexity index is 1180. The summed E-state index contributed by atoms with van der Waals surface area (Å²) in [4.78, 5) is 28.8. The molecule has 196 valence electrons. The van der Waals surface area contributed by atoms with Crippen LogP contribution in [0.1, 0.15) is 55.9 Å². The maximum absolute atomic E-state index is 13.7. The molecule has 0 heterocycles. The molecule has 0 aliphatic carbocycles. The zero-order valence-corrected chi connectivity index (χ0v) is 23.9. The lowest BCUT2D eigenvalue weighted by Crippen LogP contribution is -2.52. The average molecular weight is 566 g/mol. The summed E-state index contributed by atoms with van der Waals surface area (Å²) in [7, 11) is 0. The molecular formula is C31H37BrN2O3. The Kier molecular flexibility index (Phi) is 10.3. The first-order valence-electron chi connectivity index (χ1n) is 12.8. The second kappa shape index (κ2) is 13.4. The van der Waals surface area contributed by atoms with Crippen molar-refractivity contribution >= 4 is 27.7 Å². The third-order valence-electron chi connectivity index (χ3n) is 6.15. The number of amides is 2. The van der Waals surface area contributed by atoms with E-state index in [1.54, 1.807) is 4.90 Å². The molecule has 3 rings (SSSR count). The number of ether oxygens (including phenoxy) is 1. The van der Waals surface area contributed by atoms with Gasteiger partial charge in [-0.05, 0) is 71.4 Å². The van der Waals surface area contributed by atoms with E-state index in [4.69, 9.17) is 4.74 Å². The molecule has 0 bridgehead atoms. The summed E-state index contributed by atoms with van der Waals surface area (Å²) in [5.41, 5.74) is 4.26. The Balaban J connectivity index is 1.90. The van der Waals surface area contributed by atoms with Gasteiger partial charge in [-0.1, -0.05) is 80.1 Å². The largest absolute Gasteiger partial charge is 0.483 e. The van der Waals surface area contributed by atoms with Crippen molar-refractivity contribution in [2.24, 2.45) is 0 Å². The summed E-state index contributed by atoms with van der Waals surface area (Å²) in [6, 6.07) is 23.0. The number of benzene rings is 3. The molecule has 37 heavy (non-hydrogen) atoms. The van der Waals surface area contributed by atoms with Crippen LogP contribution in [0.3, 0.4) is 0 Å². The Morgan fingerprint density at radius 1 is 0.919 bits per heavy atom. The van der Waals surface area contributed by atoms with Gasteiger partial charge in [0, 0.05) is 19.0 Å². The fourth-order valence-corrected chi connectivity index (χ4v) is 4.55. The number of nitrogens with zero attached hydrogens (tertiary/aromatic N) is 1. The summed E-state index contributed by atoms with van der Waals surface area (Å²) in [6.07, 6.45) is 0.407. The van der Waals surface area contributed by atoms with Crippen molar-refractivity contribution in [3.63, 3.8) is 0 Å². The number of carbonyl (C=O) groups is 2. The average Bonchev–Trinajstić information content (AvgIpc) is 2.86. The lowest BCUT2D eigenvalue weighted by molar-refractivity contribution is -0.143. The number of hydrogen-bond donors (Lipinski definition) is 1. The minimum Gasteiger partial charge on any atom is -0.483 e. The van der Waals surface area contributed by atoms with Crippen LogP contribution in [0.15, 0.2) is 77.3 Å². The first-order valence-corrected chi connectivity index (χ1v) is 13.5. The van der Waals surface area contributed by atoms with E-state index < -0.39 is 6.04 Å². The Morgan fingerprint density at radius 2 is 1.59 bits per heavy atom. The quantitative estimate of drug-likeness (QED) is 0.292. The smallest absolute Gasteiger partial charge is 0.261 e. The van der Waals surface area contributed by atoms with Gasteiger partial charge in [0.15, 0.2) is 6.61 Å². The molecule has 1 N–H and O–H groups in total. The normalized spacial score (nSPS) is 11.9. The second-order valence-electron chi connectivity index (χ2n) is 10.0. The molecule has 0 fully saturated rings. The van der Waals surface area contributed by atoms with Crippen molar-refractivity contribution < 1.29 is 14.3 Å². The van der Waals surface area contributed by atoms with Crippen LogP contribution < -0.4 is 10.1 Å². The van der Waals surface area contributed by atoms with Gasteiger partial charge in [0.2, 0.25) is 5.91 Å². The van der Waals surface area contributed by atoms with Crippen LogP contribution in [-0.2, 0) is 22.6 Å². The molecule has 3 aromatic rings. The number of rotatable bonds is 11. The van der Waals surface area contributed by atoms with Gasteiger partial charge in [-0.15, -0.1) is 0 Å². The lowest BCUT2D eigenvalue weighted by Gasteiger charge is -2.32. The van der Waals surface area contributed by atoms with Gasteiger partial charge < -0.3 is 15.0 Å². The molecular weight excluding hydrogens is 528 g/mol. The number of hydrogen-bond acceptors (Lipinski definition) is 3. The summed E-state index contributed by atoms with van der Waals surface area (Å²) in [6.45, 7) is 10.3. The minimum atomic E-state index is -0.686. The van der Waals surface area contributed by atoms with Crippen LogP contribution in [0, 0.1) is 6.92 Å². The highest BCUT2D eigenvalue weighted by Gasteiger charge is 2.31. The van der Waals surface area contributed by atoms with Crippen molar-refractivity contribution in [2.75, 3.05) is 6.61 Å². The van der Waals surface area contributed by atoms with Gasteiger partial charge >= 0.3 is 0 Å². The Hall–Kier alpha value is -3.12. The predicted molar refractivity (Wildman–Crippen MR) is 153 cm³/mol. The van der Waals surface area contributed by atoms with E-state index in [0.717, 1.165) is 21.2 Å². The van der Waals surface area contributed by atoms with Gasteiger partial charge in [-0.2, -0.15) is 0 Å². The highest BCUT2D eigenvalue weighted by Crippen LogP contribution is 2.29. The molecule has 0 aliphatic heterocycles. The van der Waals surface area contributed by atoms with Crippen molar-refractivity contribution in [2.45, 2.75) is 65.6 Å². The summed E-state index contributed by atoms with van der Waals surface area (Å²) >= 11 is 3.57. The molecule has 0 aliphatic rings. The molecule has 6 heteroatoms. The number of halogens is 1. The lowest BCUT2D eigenvalue weighted by atomic mass is 10.0. The monoisotopic (exact) mass is 564 g/mol. The van der Waals surface area contributed by atoms with Crippen LogP contribution in [0.4, 0.5) is 0 Å². The first-order chi connectivity index (χ1) is 17.6. The summed E-state index contributed by atoms with van der Waals surface area (Å²) < 4.78 is 6.76. The van der Waals surface area contributed by atoms with Crippen molar-refractivity contribution in [3.05, 3.63) is 99.5 Å². The minimum absolute atomic E-state index is 0.0474. The standard InChI is InChI=1S/C31H37BrN2O3/c1-21(2)26-15-16-29(27(32)18-26)37-20-30(35)34(19-25-13-11-23(5)12-14-25)28(31(36)33-22(3)4)17-24-9-7-6-8-10-24/h6-16,18,21-22,28H,17,19-20H2,1-5H3,(H,33,36)/t28-/m1/s1. The van der Waals surface area contributed by atoms with E-state index in [0.29, 0.717) is 24.6 Å². The third-order valence-corrected chi connectivity index (χ3v) is 6.77. The van der Waals surface area contributed by atoms with E-state index in [-0.39, 0.29) is 24.5 Å². The Morgan fingerprint density at radius 3 is 2.19 bits per heavy atom. The first kappa shape index (κ1) is 28.5. The molecule has 0 aromatic heterocycles.